The summed E-state index contributed by atoms with van der Waals surface area (Å²) in [5.74, 6) is 0.600. The third-order valence-electron chi connectivity index (χ3n) is 3.40. The third-order valence-corrected chi connectivity index (χ3v) is 3.40. The molecule has 5 heteroatoms. The smallest absolute Gasteiger partial charge is 0.224 e. The lowest BCUT2D eigenvalue weighted by Crippen LogP contribution is -2.35. The number of carbonyl (C=O) groups excluding carboxylic acids is 1. The number of aromatic nitrogens is 2. The van der Waals surface area contributed by atoms with E-state index in [1.54, 1.807) is 4.68 Å². The lowest BCUT2D eigenvalue weighted by molar-refractivity contribution is -0.129. The fourth-order valence-corrected chi connectivity index (χ4v) is 2.73. The predicted octanol–water partition coefficient (Wildman–Crippen LogP) is 0.985. The van der Waals surface area contributed by atoms with Crippen LogP contribution < -0.4 is 5.73 Å². The molecule has 0 radical (unpaired) electrons. The van der Waals surface area contributed by atoms with Crippen LogP contribution in [-0.4, -0.2) is 33.2 Å². The van der Waals surface area contributed by atoms with E-state index >= 15 is 0 Å². The Morgan fingerprint density at radius 2 is 2.22 bits per heavy atom. The molecule has 2 unspecified atom stereocenters. The van der Waals surface area contributed by atoms with Gasteiger partial charge in [0.1, 0.15) is 0 Å². The van der Waals surface area contributed by atoms with Crippen LogP contribution in [0.5, 0.6) is 0 Å². The Bertz CT molecular complexity index is 452. The highest BCUT2D eigenvalue weighted by Crippen LogP contribution is 2.33. The summed E-state index contributed by atoms with van der Waals surface area (Å²) in [7, 11) is 1.89. The van der Waals surface area contributed by atoms with Gasteiger partial charge in [0, 0.05) is 37.8 Å². The zero-order valence-electron chi connectivity index (χ0n) is 11.6. The second-order valence-electron chi connectivity index (χ2n) is 5.60. The molecular formula is C13H22N4O. The van der Waals surface area contributed by atoms with E-state index in [0.717, 1.165) is 17.8 Å². The van der Waals surface area contributed by atoms with Crippen LogP contribution in [0.2, 0.25) is 0 Å². The number of rotatable bonds is 3. The first-order chi connectivity index (χ1) is 8.40. The molecule has 1 saturated heterocycles. The van der Waals surface area contributed by atoms with Crippen LogP contribution >= 0.6 is 0 Å². The number of amides is 1. The molecule has 2 heterocycles. The maximum absolute atomic E-state index is 12.0. The van der Waals surface area contributed by atoms with E-state index < -0.39 is 0 Å². The van der Waals surface area contributed by atoms with Gasteiger partial charge < -0.3 is 10.6 Å². The first-order valence-corrected chi connectivity index (χ1v) is 6.45. The Morgan fingerprint density at radius 1 is 1.56 bits per heavy atom. The fraction of sp³-hybridized carbons (Fsp3) is 0.692. The highest BCUT2D eigenvalue weighted by Gasteiger charge is 2.40. The second kappa shape index (κ2) is 4.72. The molecule has 0 saturated carbocycles. The predicted molar refractivity (Wildman–Crippen MR) is 69.8 cm³/mol. The van der Waals surface area contributed by atoms with E-state index in [4.69, 9.17) is 5.73 Å². The average molecular weight is 250 g/mol. The summed E-state index contributed by atoms with van der Waals surface area (Å²) in [4.78, 5) is 14.0. The average Bonchev–Trinajstić information content (AvgIpc) is 2.68. The topological polar surface area (TPSA) is 64.2 Å². The highest BCUT2D eigenvalue weighted by atomic mass is 16.2. The van der Waals surface area contributed by atoms with Gasteiger partial charge in [0.15, 0.2) is 0 Å². The molecule has 18 heavy (non-hydrogen) atoms. The maximum Gasteiger partial charge on any atom is 0.224 e. The monoisotopic (exact) mass is 250 g/mol. The lowest BCUT2D eigenvalue weighted by Gasteiger charge is -2.28. The van der Waals surface area contributed by atoms with E-state index in [1.807, 2.05) is 25.1 Å². The zero-order valence-corrected chi connectivity index (χ0v) is 11.6. The van der Waals surface area contributed by atoms with Crippen molar-refractivity contribution in [3.8, 4) is 0 Å². The summed E-state index contributed by atoms with van der Waals surface area (Å²) in [6, 6.07) is -0.146. The number of aryl methyl sites for hydroxylation is 2. The molecule has 1 aromatic rings. The number of hydrogen-bond donors (Lipinski definition) is 1. The third kappa shape index (κ3) is 2.27. The molecule has 0 aliphatic carbocycles. The molecule has 2 N–H and O–H groups in total. The first-order valence-electron chi connectivity index (χ1n) is 6.45. The van der Waals surface area contributed by atoms with Gasteiger partial charge in [-0.05, 0) is 12.8 Å². The SMILES string of the molecule is Cc1nn(C)cc1C1C(N)CC(=O)N1CC(C)C. The van der Waals surface area contributed by atoms with Gasteiger partial charge >= 0.3 is 0 Å². The number of nitrogens with two attached hydrogens (primary N) is 1. The van der Waals surface area contributed by atoms with Crippen LogP contribution in [0.3, 0.4) is 0 Å². The quantitative estimate of drug-likeness (QED) is 0.870. The van der Waals surface area contributed by atoms with Crippen molar-refractivity contribution >= 4 is 5.91 Å². The summed E-state index contributed by atoms with van der Waals surface area (Å²) < 4.78 is 1.79. The van der Waals surface area contributed by atoms with E-state index in [2.05, 4.69) is 18.9 Å². The standard InChI is InChI=1S/C13H22N4O/c1-8(2)6-17-12(18)5-11(14)13(17)10-7-16(4)15-9(10)3/h7-8,11,13H,5-6,14H2,1-4H3. The molecule has 5 nitrogen and oxygen atoms in total. The Kier molecular flexibility index (Phi) is 3.43. The molecule has 0 aromatic carbocycles. The van der Waals surface area contributed by atoms with Crippen molar-refractivity contribution in [1.82, 2.24) is 14.7 Å². The molecule has 1 aliphatic rings. The van der Waals surface area contributed by atoms with Crippen LogP contribution in [0.1, 0.15) is 37.6 Å². The van der Waals surface area contributed by atoms with Gasteiger partial charge in [-0.1, -0.05) is 13.8 Å². The molecule has 100 valence electrons. The summed E-state index contributed by atoms with van der Waals surface area (Å²) in [5, 5.41) is 4.35. The molecule has 0 spiro atoms. The zero-order chi connectivity index (χ0) is 13.4. The van der Waals surface area contributed by atoms with E-state index in [-0.39, 0.29) is 18.0 Å². The van der Waals surface area contributed by atoms with Crippen molar-refractivity contribution in [2.75, 3.05) is 6.54 Å². The van der Waals surface area contributed by atoms with Crippen LogP contribution in [0, 0.1) is 12.8 Å². The number of carbonyl (C=O) groups is 1. The fourth-order valence-electron chi connectivity index (χ4n) is 2.73. The number of likely N-dealkylation sites (tertiary alicyclic amines) is 1. The molecular weight excluding hydrogens is 228 g/mol. The summed E-state index contributed by atoms with van der Waals surface area (Å²) in [6.45, 7) is 6.96. The lowest BCUT2D eigenvalue weighted by atomic mass is 10.0. The van der Waals surface area contributed by atoms with Crippen LogP contribution in [-0.2, 0) is 11.8 Å². The molecule has 2 atom stereocenters. The van der Waals surface area contributed by atoms with Gasteiger partial charge in [-0.15, -0.1) is 0 Å². The highest BCUT2D eigenvalue weighted by molar-refractivity contribution is 5.80. The van der Waals surface area contributed by atoms with Crippen molar-refractivity contribution in [3.63, 3.8) is 0 Å². The van der Waals surface area contributed by atoms with Crippen molar-refractivity contribution < 1.29 is 4.79 Å². The Hall–Kier alpha value is -1.36. The van der Waals surface area contributed by atoms with Crippen molar-refractivity contribution in [1.29, 1.82) is 0 Å². The minimum absolute atomic E-state index is 0.0198. The van der Waals surface area contributed by atoms with Crippen LogP contribution in [0.4, 0.5) is 0 Å². The Morgan fingerprint density at radius 3 is 2.72 bits per heavy atom. The maximum atomic E-state index is 12.0. The van der Waals surface area contributed by atoms with Crippen LogP contribution in [0.25, 0.3) is 0 Å². The van der Waals surface area contributed by atoms with Gasteiger partial charge in [0.25, 0.3) is 0 Å². The normalized spacial score (nSPS) is 24.3. The van der Waals surface area contributed by atoms with Crippen LogP contribution in [0.15, 0.2) is 6.20 Å². The molecule has 1 fully saturated rings. The molecule has 1 aliphatic heterocycles. The van der Waals surface area contributed by atoms with Gasteiger partial charge in [0.2, 0.25) is 5.91 Å². The van der Waals surface area contributed by atoms with Gasteiger partial charge in [0.05, 0.1) is 11.7 Å². The van der Waals surface area contributed by atoms with Gasteiger partial charge in [-0.3, -0.25) is 9.48 Å². The van der Waals surface area contributed by atoms with Gasteiger partial charge in [-0.25, -0.2) is 0 Å². The minimum atomic E-state index is -0.126. The van der Waals surface area contributed by atoms with E-state index in [0.29, 0.717) is 12.3 Å². The largest absolute Gasteiger partial charge is 0.334 e. The second-order valence-corrected chi connectivity index (χ2v) is 5.60. The summed E-state index contributed by atoms with van der Waals surface area (Å²) >= 11 is 0. The Labute approximate surface area is 108 Å². The number of nitrogens with zero attached hydrogens (tertiary/aromatic N) is 3. The van der Waals surface area contributed by atoms with Crippen molar-refractivity contribution in [2.24, 2.45) is 18.7 Å². The minimum Gasteiger partial charge on any atom is -0.334 e. The van der Waals surface area contributed by atoms with Crippen molar-refractivity contribution in [2.45, 2.75) is 39.3 Å². The summed E-state index contributed by atoms with van der Waals surface area (Å²) in [6.07, 6.45) is 2.41. The molecule has 1 aromatic heterocycles. The van der Waals surface area contributed by atoms with E-state index in [1.165, 1.54) is 0 Å². The van der Waals surface area contributed by atoms with Crippen molar-refractivity contribution in [3.05, 3.63) is 17.5 Å². The summed E-state index contributed by atoms with van der Waals surface area (Å²) in [5.41, 5.74) is 8.19. The van der Waals surface area contributed by atoms with Gasteiger partial charge in [-0.2, -0.15) is 5.10 Å². The number of hydrogen-bond acceptors (Lipinski definition) is 3. The Balaban J connectivity index is 2.33. The molecule has 1 amide bonds. The first kappa shape index (κ1) is 13.1. The molecule has 2 rings (SSSR count). The molecule has 0 bridgehead atoms. The van der Waals surface area contributed by atoms with E-state index in [9.17, 15) is 4.79 Å².